The van der Waals surface area contributed by atoms with Gasteiger partial charge in [0.15, 0.2) is 0 Å². The first-order chi connectivity index (χ1) is 27.9. The fourth-order valence-corrected chi connectivity index (χ4v) is 8.25. The maximum absolute atomic E-state index is 7.23. The van der Waals surface area contributed by atoms with E-state index in [1.54, 1.807) is 40.9 Å². The average Bonchev–Trinajstić information content (AvgIpc) is 4.04. The molecule has 10 aromatic rings. The Balaban J connectivity index is 0.000000233. The van der Waals surface area contributed by atoms with Crippen LogP contribution in [0.4, 0.5) is 0 Å². The van der Waals surface area contributed by atoms with Gasteiger partial charge in [0.25, 0.3) is 0 Å². The van der Waals surface area contributed by atoms with Crippen LogP contribution in [0.25, 0.3) is 82.8 Å². The maximum atomic E-state index is 7.23. The summed E-state index contributed by atoms with van der Waals surface area (Å²) in [6, 6.07) is 59.0. The third-order valence-electron chi connectivity index (χ3n) is 9.33. The molecule has 4 heterocycles. The minimum Gasteiger partial charge on any atom is -0.332 e. The zero-order chi connectivity index (χ0) is 38.8. The van der Waals surface area contributed by atoms with Gasteiger partial charge in [0.05, 0.1) is 22.5 Å². The van der Waals surface area contributed by atoms with E-state index in [1.165, 1.54) is 38.5 Å². The van der Waals surface area contributed by atoms with E-state index in [9.17, 15) is 0 Å². The fourth-order valence-electron chi connectivity index (χ4n) is 6.76. The second-order valence-corrected chi connectivity index (χ2v) is 14.3. The molecule has 55 heavy (non-hydrogen) atoms. The van der Waals surface area contributed by atoms with Gasteiger partial charge in [0.2, 0.25) is 0 Å². The predicted octanol–water partition coefficient (Wildman–Crippen LogP) is 13.6. The Bertz CT molecular complexity index is 2870. The van der Waals surface area contributed by atoms with Crippen molar-refractivity contribution in [3.8, 4) is 61.7 Å². The van der Waals surface area contributed by atoms with E-state index in [0.717, 1.165) is 50.5 Å². The topological polar surface area (TPSA) is 30.7 Å². The second-order valence-electron chi connectivity index (χ2n) is 12.7. The van der Waals surface area contributed by atoms with E-state index in [2.05, 4.69) is 159 Å². The van der Waals surface area contributed by atoms with Crippen molar-refractivity contribution in [3.05, 3.63) is 198 Å². The molecule has 0 saturated heterocycles. The van der Waals surface area contributed by atoms with Crippen LogP contribution in [0.1, 0.15) is 9.68 Å². The SMILES string of the molecule is [2H]C([2H])([2H])c1ccc(-c2[c-]cccc2)nc1.[Ir].[c-]1sc2ccc(-c3ccsc3)cc2c1-c1nc2ccccc2n1-c1c(-c2ccccc2)cccc1-c1ccccc1. The molecule has 0 aliphatic rings. The molecule has 4 aromatic heterocycles. The number of hydrogen-bond donors (Lipinski definition) is 0. The second kappa shape index (κ2) is 16.3. The van der Waals surface area contributed by atoms with Crippen molar-refractivity contribution < 1.29 is 24.2 Å². The van der Waals surface area contributed by atoms with Crippen LogP contribution in [0.5, 0.6) is 0 Å². The van der Waals surface area contributed by atoms with E-state index in [4.69, 9.17) is 9.10 Å². The first kappa shape index (κ1) is 32.7. The van der Waals surface area contributed by atoms with E-state index in [0.29, 0.717) is 0 Å². The summed E-state index contributed by atoms with van der Waals surface area (Å²) in [6.07, 6.45) is 1.39. The molecule has 0 fully saturated rings. The summed E-state index contributed by atoms with van der Waals surface area (Å²) >= 11 is 3.38. The van der Waals surface area contributed by atoms with Gasteiger partial charge in [-0.1, -0.05) is 137 Å². The van der Waals surface area contributed by atoms with Crippen molar-refractivity contribution in [2.75, 3.05) is 0 Å². The number of imidazole rings is 1. The smallest absolute Gasteiger partial charge is 0.0774 e. The normalized spacial score (nSPS) is 11.9. The number of aryl methyl sites for hydroxylation is 1. The Morgan fingerprint density at radius 1 is 0.673 bits per heavy atom. The molecule has 0 atom stereocenters. The van der Waals surface area contributed by atoms with Crippen molar-refractivity contribution >= 4 is 43.8 Å². The molecule has 0 unspecified atom stereocenters. The van der Waals surface area contributed by atoms with E-state index >= 15 is 0 Å². The Morgan fingerprint density at radius 2 is 1.42 bits per heavy atom. The summed E-state index contributed by atoms with van der Waals surface area (Å²) in [6.45, 7) is -2.09. The average molecular weight is 923 g/mol. The van der Waals surface area contributed by atoms with Gasteiger partial charge in [-0.25, -0.2) is 0 Å². The number of thiophene rings is 2. The maximum Gasteiger partial charge on any atom is 0.0774 e. The van der Waals surface area contributed by atoms with Crippen molar-refractivity contribution in [1.29, 1.82) is 0 Å². The van der Waals surface area contributed by atoms with Crippen molar-refractivity contribution in [1.82, 2.24) is 14.5 Å². The Hall–Kier alpha value is -5.75. The summed E-state index contributed by atoms with van der Waals surface area (Å²) < 4.78 is 25.3. The van der Waals surface area contributed by atoms with E-state index in [-0.39, 0.29) is 25.7 Å². The van der Waals surface area contributed by atoms with Crippen LogP contribution in [0, 0.1) is 18.3 Å². The molecule has 0 amide bonds. The van der Waals surface area contributed by atoms with E-state index in [1.807, 2.05) is 18.2 Å². The molecule has 0 spiro atoms. The summed E-state index contributed by atoms with van der Waals surface area (Å²) in [7, 11) is 0. The van der Waals surface area contributed by atoms with E-state index < -0.39 is 6.85 Å². The molecule has 267 valence electrons. The number of fused-ring (bicyclic) bond motifs is 2. The van der Waals surface area contributed by atoms with Crippen molar-refractivity contribution in [2.24, 2.45) is 0 Å². The summed E-state index contributed by atoms with van der Waals surface area (Å²) in [4.78, 5) is 9.41. The number of para-hydroxylation sites is 3. The van der Waals surface area contributed by atoms with Crippen molar-refractivity contribution in [2.45, 2.75) is 6.85 Å². The summed E-state index contributed by atoms with van der Waals surface area (Å²) in [5.41, 5.74) is 13.1. The Labute approximate surface area is 346 Å². The summed E-state index contributed by atoms with van der Waals surface area (Å²) in [5, 5.41) is 9.16. The third-order valence-corrected chi connectivity index (χ3v) is 10.9. The van der Waals surface area contributed by atoms with Gasteiger partial charge in [-0.3, -0.25) is 16.3 Å². The van der Waals surface area contributed by atoms with Crippen LogP contribution in [0.3, 0.4) is 0 Å². The summed E-state index contributed by atoms with van der Waals surface area (Å²) in [5.74, 6) is 0.903. The Morgan fingerprint density at radius 3 is 2.09 bits per heavy atom. The van der Waals surface area contributed by atoms with Gasteiger partial charge in [-0.15, -0.1) is 41.3 Å². The largest absolute Gasteiger partial charge is 0.332 e. The molecule has 10 rings (SSSR count). The fraction of sp³-hybridized carbons (Fsp3) is 0.0204. The van der Waals surface area contributed by atoms with Gasteiger partial charge >= 0.3 is 0 Å². The molecule has 1 radical (unpaired) electrons. The number of benzene rings is 6. The van der Waals surface area contributed by atoms with Gasteiger partial charge in [-0.05, 0) is 69.3 Å². The van der Waals surface area contributed by atoms with Gasteiger partial charge < -0.3 is 9.55 Å². The molecular weight excluding hydrogens is 887 g/mol. The zero-order valence-electron chi connectivity index (χ0n) is 32.3. The molecule has 0 aliphatic heterocycles. The molecule has 0 bridgehead atoms. The van der Waals surface area contributed by atoms with Gasteiger partial charge in [0, 0.05) is 41.5 Å². The molecule has 0 saturated carbocycles. The van der Waals surface area contributed by atoms with Crippen molar-refractivity contribution in [3.63, 3.8) is 0 Å². The molecular formula is C49H33IrN3S2-2. The molecule has 6 heteroatoms. The quantitative estimate of drug-likeness (QED) is 0.156. The predicted molar refractivity (Wildman–Crippen MR) is 228 cm³/mol. The number of aromatic nitrogens is 3. The van der Waals surface area contributed by atoms with Gasteiger partial charge in [0.1, 0.15) is 0 Å². The standard InChI is InChI=1S/C37H23N2S2.C12H10N.Ir/c1-3-10-25(11-4-1)29-14-9-15-30(26-12-5-2-6-13-26)36(29)39-34-17-8-7-16-33(34)38-37(39)32-24-41-35-19-18-27(22-31(32)35)28-20-21-40-23-28;1-10-7-8-12(13-9-10)11-5-3-2-4-6-11;/h1-23H;2-5,7-9H,1H3;/q2*-1;/i;1D3;. The first-order valence-electron chi connectivity index (χ1n) is 19.0. The van der Waals surface area contributed by atoms with Crippen LogP contribution in [0.15, 0.2) is 181 Å². The number of hydrogen-bond acceptors (Lipinski definition) is 4. The molecule has 0 aliphatic carbocycles. The zero-order valence-corrected chi connectivity index (χ0v) is 33.3. The van der Waals surface area contributed by atoms with Crippen LogP contribution in [-0.4, -0.2) is 14.5 Å². The third kappa shape index (κ3) is 7.38. The minimum absolute atomic E-state index is 0. The minimum atomic E-state index is -2.09. The first-order valence-corrected chi connectivity index (χ1v) is 19.3. The van der Waals surface area contributed by atoms with Crippen LogP contribution >= 0.6 is 22.7 Å². The molecule has 3 nitrogen and oxygen atoms in total. The van der Waals surface area contributed by atoms with Gasteiger partial charge in [-0.2, -0.15) is 11.3 Å². The number of nitrogens with zero attached hydrogens (tertiary/aromatic N) is 3. The number of pyridine rings is 1. The molecule has 0 N–H and O–H groups in total. The Kier molecular flexibility index (Phi) is 9.69. The van der Waals surface area contributed by atoms with Crippen LogP contribution in [0.2, 0.25) is 0 Å². The molecule has 6 aromatic carbocycles. The number of rotatable bonds is 6. The van der Waals surface area contributed by atoms with Crippen LogP contribution in [-0.2, 0) is 20.1 Å². The monoisotopic (exact) mass is 923 g/mol. The van der Waals surface area contributed by atoms with Crippen LogP contribution < -0.4 is 0 Å².